The van der Waals surface area contributed by atoms with Gasteiger partial charge in [0.2, 0.25) is 5.91 Å². The lowest BCUT2D eigenvalue weighted by Crippen LogP contribution is -2.45. The van der Waals surface area contributed by atoms with Gasteiger partial charge in [0.25, 0.3) is 0 Å². The maximum absolute atomic E-state index is 12.5. The van der Waals surface area contributed by atoms with E-state index in [1.165, 1.54) is 270 Å². The van der Waals surface area contributed by atoms with Gasteiger partial charge in [-0.3, -0.25) is 9.59 Å². The fraction of sp³-hybridized carbons (Fsp3) is 0.909. The van der Waals surface area contributed by atoms with E-state index in [-0.39, 0.29) is 18.5 Å². The van der Waals surface area contributed by atoms with Gasteiger partial charge in [-0.05, 0) is 51.4 Å². The number of rotatable bonds is 61. The molecule has 0 heterocycles. The first-order chi connectivity index (χ1) is 35.5. The Morgan fingerprint density at radius 3 is 1.10 bits per heavy atom. The number of hydrogen-bond acceptors (Lipinski definition) is 5. The van der Waals surface area contributed by atoms with Crippen LogP contribution in [0.15, 0.2) is 24.3 Å². The zero-order valence-corrected chi connectivity index (χ0v) is 48.7. The van der Waals surface area contributed by atoms with Crippen LogP contribution >= 0.6 is 0 Å². The van der Waals surface area contributed by atoms with Crippen LogP contribution in [-0.2, 0) is 14.3 Å². The van der Waals surface area contributed by atoms with Gasteiger partial charge in [-0.2, -0.15) is 0 Å². The Labute approximate surface area is 450 Å². The molecule has 0 saturated heterocycles. The molecule has 0 bridgehead atoms. The van der Waals surface area contributed by atoms with Crippen molar-refractivity contribution in [2.24, 2.45) is 0 Å². The molecule has 3 N–H and O–H groups in total. The molecule has 0 aromatic carbocycles. The molecule has 0 aliphatic heterocycles. The maximum atomic E-state index is 12.5. The summed E-state index contributed by atoms with van der Waals surface area (Å²) in [5, 5.41) is 23.4. The van der Waals surface area contributed by atoms with Gasteiger partial charge in [0.1, 0.15) is 0 Å². The van der Waals surface area contributed by atoms with Crippen LogP contribution in [0.5, 0.6) is 0 Å². The first kappa shape index (κ1) is 70.3. The third-order valence-electron chi connectivity index (χ3n) is 15.3. The highest BCUT2D eigenvalue weighted by Gasteiger charge is 2.20. The number of nitrogens with one attached hydrogen (secondary N) is 1. The van der Waals surface area contributed by atoms with Gasteiger partial charge in [0.05, 0.1) is 25.4 Å². The van der Waals surface area contributed by atoms with Crippen LogP contribution in [0.2, 0.25) is 0 Å². The number of unbranched alkanes of at least 4 members (excludes halogenated alkanes) is 46. The molecular weight excluding hydrogens is 887 g/mol. The van der Waals surface area contributed by atoms with Crippen molar-refractivity contribution >= 4 is 11.9 Å². The second-order valence-electron chi connectivity index (χ2n) is 22.5. The minimum Gasteiger partial charge on any atom is -0.466 e. The molecule has 6 nitrogen and oxygen atoms in total. The zero-order chi connectivity index (χ0) is 52.2. The summed E-state index contributed by atoms with van der Waals surface area (Å²) in [6.07, 6.45) is 76.2. The molecule has 0 fully saturated rings. The van der Waals surface area contributed by atoms with Gasteiger partial charge in [-0.15, -0.1) is 0 Å². The monoisotopic (exact) mass is 1010 g/mol. The van der Waals surface area contributed by atoms with E-state index >= 15 is 0 Å². The molecule has 2 atom stereocenters. The van der Waals surface area contributed by atoms with Crippen LogP contribution in [0, 0.1) is 0 Å². The van der Waals surface area contributed by atoms with Gasteiger partial charge >= 0.3 is 5.97 Å². The molecule has 0 aromatic heterocycles. The summed E-state index contributed by atoms with van der Waals surface area (Å²) in [7, 11) is 0. The molecule has 1 amide bonds. The molecule has 0 rings (SSSR count). The largest absolute Gasteiger partial charge is 0.466 e. The second kappa shape index (κ2) is 61.9. The van der Waals surface area contributed by atoms with Crippen molar-refractivity contribution in [3.63, 3.8) is 0 Å². The molecule has 0 aliphatic rings. The Morgan fingerprint density at radius 1 is 0.389 bits per heavy atom. The summed E-state index contributed by atoms with van der Waals surface area (Å²) in [6.45, 7) is 4.92. The molecule has 0 saturated carbocycles. The Bertz CT molecular complexity index is 1120. The van der Waals surface area contributed by atoms with Crippen molar-refractivity contribution in [2.45, 2.75) is 373 Å². The maximum Gasteiger partial charge on any atom is 0.305 e. The lowest BCUT2D eigenvalue weighted by molar-refractivity contribution is -0.143. The van der Waals surface area contributed by atoms with E-state index in [0.717, 1.165) is 57.8 Å². The third-order valence-corrected chi connectivity index (χ3v) is 15.3. The van der Waals surface area contributed by atoms with Crippen molar-refractivity contribution in [1.29, 1.82) is 0 Å². The Kier molecular flexibility index (Phi) is 60.5. The van der Waals surface area contributed by atoms with Gasteiger partial charge in [-0.1, -0.05) is 321 Å². The lowest BCUT2D eigenvalue weighted by atomic mass is 10.0. The fourth-order valence-corrected chi connectivity index (χ4v) is 10.2. The molecule has 72 heavy (non-hydrogen) atoms. The number of carbonyl (C=O) groups excluding carboxylic acids is 2. The van der Waals surface area contributed by atoms with E-state index in [2.05, 4.69) is 43.5 Å². The summed E-state index contributed by atoms with van der Waals surface area (Å²) in [5.74, 6) is -0.0485. The van der Waals surface area contributed by atoms with Crippen molar-refractivity contribution < 1.29 is 24.5 Å². The number of esters is 1. The number of aliphatic hydroxyl groups excluding tert-OH is 2. The van der Waals surface area contributed by atoms with Crippen LogP contribution < -0.4 is 5.32 Å². The Morgan fingerprint density at radius 2 is 0.708 bits per heavy atom. The normalized spacial score (nSPS) is 12.7. The molecule has 426 valence electrons. The lowest BCUT2D eigenvalue weighted by Gasteiger charge is -2.22. The van der Waals surface area contributed by atoms with E-state index in [1.807, 2.05) is 0 Å². The summed E-state index contributed by atoms with van der Waals surface area (Å²) in [5.41, 5.74) is 0. The predicted octanol–water partition coefficient (Wildman–Crippen LogP) is 20.6. The van der Waals surface area contributed by atoms with Crippen molar-refractivity contribution in [2.75, 3.05) is 13.2 Å². The highest BCUT2D eigenvalue weighted by molar-refractivity contribution is 5.76. The van der Waals surface area contributed by atoms with E-state index in [0.29, 0.717) is 25.9 Å². The van der Waals surface area contributed by atoms with E-state index in [4.69, 9.17) is 4.74 Å². The average Bonchev–Trinajstić information content (AvgIpc) is 3.38. The number of hydrogen-bond donors (Lipinski definition) is 3. The number of carbonyl (C=O) groups is 2. The minimum atomic E-state index is -0.671. The standard InChI is InChI=1S/C66H127NO5/c1-3-5-7-9-11-13-15-17-19-20-21-22-23-24-25-26-27-28-31-34-38-42-46-50-54-58-64(69)63(62-68)67-65(70)59-55-51-47-43-39-35-32-29-30-33-37-41-45-49-53-57-61-72-66(71)60-56-52-48-44-40-36-18-16-14-12-10-8-6-4-2/h10,12,16,18,63-64,68-69H,3-9,11,13-15,17,19-62H2,1-2H3,(H,67,70)/b12-10-,18-16-. The van der Waals surface area contributed by atoms with E-state index in [9.17, 15) is 19.8 Å². The second-order valence-corrected chi connectivity index (χ2v) is 22.5. The predicted molar refractivity (Wildman–Crippen MR) is 315 cm³/mol. The minimum absolute atomic E-state index is 0.0104. The topological polar surface area (TPSA) is 95.9 Å². The molecule has 2 unspecified atom stereocenters. The van der Waals surface area contributed by atoms with Gasteiger partial charge < -0.3 is 20.3 Å². The van der Waals surface area contributed by atoms with Crippen LogP contribution in [0.1, 0.15) is 361 Å². The van der Waals surface area contributed by atoms with E-state index < -0.39 is 12.1 Å². The summed E-state index contributed by atoms with van der Waals surface area (Å²) in [4.78, 5) is 24.6. The third kappa shape index (κ3) is 57.6. The van der Waals surface area contributed by atoms with Crippen molar-refractivity contribution in [3.05, 3.63) is 24.3 Å². The summed E-state index contributed by atoms with van der Waals surface area (Å²) >= 11 is 0. The number of allylic oxidation sites excluding steroid dienone is 4. The first-order valence-corrected chi connectivity index (χ1v) is 32.6. The molecule has 6 heteroatoms. The Hall–Kier alpha value is -1.66. The number of amides is 1. The smallest absolute Gasteiger partial charge is 0.305 e. The zero-order valence-electron chi connectivity index (χ0n) is 48.7. The summed E-state index contributed by atoms with van der Waals surface area (Å²) < 4.78 is 5.47. The van der Waals surface area contributed by atoms with Crippen molar-refractivity contribution in [1.82, 2.24) is 5.32 Å². The summed E-state index contributed by atoms with van der Waals surface area (Å²) in [6, 6.07) is -0.549. The molecule has 0 aliphatic carbocycles. The average molecular weight is 1010 g/mol. The van der Waals surface area contributed by atoms with Crippen LogP contribution in [-0.4, -0.2) is 47.4 Å². The van der Waals surface area contributed by atoms with Crippen LogP contribution in [0.4, 0.5) is 0 Å². The van der Waals surface area contributed by atoms with Crippen LogP contribution in [0.25, 0.3) is 0 Å². The number of ether oxygens (including phenoxy) is 1. The first-order valence-electron chi connectivity index (χ1n) is 32.6. The SMILES string of the molecule is CCCC/C=C\C/C=C\CCCCCCCC(=O)OCCCCCCCCCCCCCCCCCCC(=O)NC(CO)C(O)CCCCCCCCCCCCCCCCCCCCCCCCCCC. The fourth-order valence-electron chi connectivity index (χ4n) is 10.2. The Balaban J connectivity index is 3.42. The quantitative estimate of drug-likeness (QED) is 0.0320. The highest BCUT2D eigenvalue weighted by atomic mass is 16.5. The van der Waals surface area contributed by atoms with Crippen LogP contribution in [0.3, 0.4) is 0 Å². The van der Waals surface area contributed by atoms with Gasteiger partial charge in [0, 0.05) is 12.8 Å². The van der Waals surface area contributed by atoms with Gasteiger partial charge in [-0.25, -0.2) is 0 Å². The van der Waals surface area contributed by atoms with E-state index in [1.54, 1.807) is 0 Å². The molecule has 0 spiro atoms. The molecule has 0 aromatic rings. The molecular formula is C66H127NO5. The van der Waals surface area contributed by atoms with Crippen molar-refractivity contribution in [3.8, 4) is 0 Å². The number of aliphatic hydroxyl groups is 2. The molecule has 0 radical (unpaired) electrons. The highest BCUT2D eigenvalue weighted by Crippen LogP contribution is 2.18. The van der Waals surface area contributed by atoms with Gasteiger partial charge in [0.15, 0.2) is 0 Å².